The summed E-state index contributed by atoms with van der Waals surface area (Å²) >= 11 is 0. The van der Waals surface area contributed by atoms with Crippen molar-refractivity contribution in [2.75, 3.05) is 26.3 Å². The van der Waals surface area contributed by atoms with Gasteiger partial charge in [0.25, 0.3) is 0 Å². The van der Waals surface area contributed by atoms with Crippen molar-refractivity contribution in [3.63, 3.8) is 0 Å². The zero-order valence-corrected chi connectivity index (χ0v) is 26.7. The Bertz CT molecular complexity index is 1320. The Morgan fingerprint density at radius 3 is 1.59 bits per heavy atom. The van der Waals surface area contributed by atoms with Crippen molar-refractivity contribution < 1.29 is 19.0 Å². The number of alkyl carbamates (subject to hydrolysis) is 1. The van der Waals surface area contributed by atoms with E-state index in [-0.39, 0.29) is 18.5 Å². The molecule has 44 heavy (non-hydrogen) atoms. The predicted octanol–water partition coefficient (Wildman–Crippen LogP) is 6.40. The smallest absolute Gasteiger partial charge is 0.407 e. The number of amides is 1. The molecule has 2 aromatic carbocycles. The van der Waals surface area contributed by atoms with E-state index in [4.69, 9.17) is 19.9 Å². The molecule has 2 heterocycles. The van der Waals surface area contributed by atoms with Crippen LogP contribution in [-0.4, -0.2) is 48.0 Å². The number of benzene rings is 2. The third-order valence-corrected chi connectivity index (χ3v) is 6.07. The maximum absolute atomic E-state index is 11.6. The van der Waals surface area contributed by atoms with Crippen LogP contribution >= 0.6 is 12.4 Å². The molecule has 0 saturated heterocycles. The van der Waals surface area contributed by atoms with Gasteiger partial charge < -0.3 is 25.3 Å². The van der Waals surface area contributed by atoms with Crippen molar-refractivity contribution in [2.45, 2.75) is 52.1 Å². The minimum atomic E-state index is -0.474. The Balaban J connectivity index is 0.000000315. The Labute approximate surface area is 267 Å². The highest BCUT2D eigenvalue weighted by Crippen LogP contribution is 2.14. The highest BCUT2D eigenvalue weighted by molar-refractivity contribution is 5.85. The van der Waals surface area contributed by atoms with Crippen LogP contribution in [0.3, 0.4) is 0 Å². The standard InChI is InChI=1S/C20H26N2O3.C15H18N2O.ClH/c1-20(2,3)25-19(23)22-14-11-16-7-9-18(10-8-16)24-15-12-17-6-4-5-13-21-17;16-10-8-13-4-6-15(7-5-13)18-12-9-14-3-1-2-11-17-14;/h4-10,13H,11-12,14-15H2,1-3H3,(H,22,23);1-7,11H,8-10,12,16H2;1H. The Hall–Kier alpha value is -4.14. The van der Waals surface area contributed by atoms with Crippen LogP contribution in [0.5, 0.6) is 11.5 Å². The van der Waals surface area contributed by atoms with Gasteiger partial charge in [0.2, 0.25) is 0 Å². The summed E-state index contributed by atoms with van der Waals surface area (Å²) < 4.78 is 16.6. The summed E-state index contributed by atoms with van der Waals surface area (Å²) in [4.78, 5) is 20.1. The number of halogens is 1. The molecule has 4 aromatic rings. The Morgan fingerprint density at radius 1 is 0.705 bits per heavy atom. The fourth-order valence-electron chi connectivity index (χ4n) is 3.93. The van der Waals surface area contributed by atoms with Gasteiger partial charge >= 0.3 is 6.09 Å². The van der Waals surface area contributed by atoms with Gasteiger partial charge in [-0.05, 0) is 99.8 Å². The first-order valence-electron chi connectivity index (χ1n) is 14.7. The number of nitrogens with one attached hydrogen (secondary N) is 1. The summed E-state index contributed by atoms with van der Waals surface area (Å²) in [7, 11) is 0. The predicted molar refractivity (Wildman–Crippen MR) is 178 cm³/mol. The summed E-state index contributed by atoms with van der Waals surface area (Å²) in [6.07, 6.45) is 6.46. The summed E-state index contributed by atoms with van der Waals surface area (Å²) in [6, 6.07) is 27.8. The lowest BCUT2D eigenvalue weighted by molar-refractivity contribution is 0.0528. The van der Waals surface area contributed by atoms with E-state index in [0.717, 1.165) is 54.1 Å². The van der Waals surface area contributed by atoms with Crippen LogP contribution in [0.4, 0.5) is 4.79 Å². The second-order valence-electron chi connectivity index (χ2n) is 10.8. The highest BCUT2D eigenvalue weighted by atomic mass is 35.5. The zero-order chi connectivity index (χ0) is 30.8. The molecule has 0 spiro atoms. The van der Waals surface area contributed by atoms with E-state index < -0.39 is 5.60 Å². The van der Waals surface area contributed by atoms with Crippen LogP contribution < -0.4 is 20.5 Å². The van der Waals surface area contributed by atoms with Gasteiger partial charge in [0.05, 0.1) is 13.2 Å². The molecule has 8 nitrogen and oxygen atoms in total. The van der Waals surface area contributed by atoms with Gasteiger partial charge in [-0.2, -0.15) is 0 Å². The van der Waals surface area contributed by atoms with E-state index >= 15 is 0 Å². The number of ether oxygens (including phenoxy) is 3. The number of pyridine rings is 2. The van der Waals surface area contributed by atoms with Crippen molar-refractivity contribution in [3.8, 4) is 11.5 Å². The van der Waals surface area contributed by atoms with Crippen molar-refractivity contribution >= 4 is 18.5 Å². The molecule has 0 unspecified atom stereocenters. The average Bonchev–Trinajstić information content (AvgIpc) is 3.00. The summed E-state index contributed by atoms with van der Waals surface area (Å²) in [5, 5.41) is 2.76. The maximum atomic E-state index is 11.6. The second-order valence-corrected chi connectivity index (χ2v) is 10.8. The Morgan fingerprint density at radius 2 is 1.18 bits per heavy atom. The highest BCUT2D eigenvalue weighted by Gasteiger charge is 2.15. The molecule has 1 amide bonds. The molecule has 4 rings (SSSR count). The van der Waals surface area contributed by atoms with Crippen LogP contribution in [0.15, 0.2) is 97.3 Å². The van der Waals surface area contributed by atoms with E-state index in [1.807, 2.05) is 93.6 Å². The molecule has 0 radical (unpaired) electrons. The molecule has 0 aliphatic heterocycles. The monoisotopic (exact) mass is 620 g/mol. The number of carbonyl (C=O) groups is 1. The molecule has 0 aliphatic rings. The first-order chi connectivity index (χ1) is 20.8. The third-order valence-electron chi connectivity index (χ3n) is 6.07. The van der Waals surface area contributed by atoms with Crippen molar-refractivity contribution in [1.29, 1.82) is 0 Å². The molecule has 236 valence electrons. The molecular weight excluding hydrogens is 576 g/mol. The van der Waals surface area contributed by atoms with Gasteiger partial charge in [-0.15, -0.1) is 12.4 Å². The Kier molecular flexibility index (Phi) is 16.3. The zero-order valence-electron chi connectivity index (χ0n) is 25.9. The molecular formula is C35H45ClN4O4. The van der Waals surface area contributed by atoms with Crippen molar-refractivity contribution in [1.82, 2.24) is 15.3 Å². The van der Waals surface area contributed by atoms with Crippen LogP contribution in [0.1, 0.15) is 43.3 Å². The number of carbonyl (C=O) groups excluding carboxylic acids is 1. The van der Waals surface area contributed by atoms with Gasteiger partial charge in [-0.25, -0.2) is 4.79 Å². The van der Waals surface area contributed by atoms with Gasteiger partial charge in [0, 0.05) is 43.2 Å². The third kappa shape index (κ3) is 15.4. The molecule has 0 bridgehead atoms. The first kappa shape index (κ1) is 36.1. The van der Waals surface area contributed by atoms with Gasteiger partial charge in [-0.1, -0.05) is 36.4 Å². The fourth-order valence-corrected chi connectivity index (χ4v) is 3.93. The van der Waals surface area contributed by atoms with Crippen LogP contribution in [0.2, 0.25) is 0 Å². The fraction of sp³-hybridized carbons (Fsp3) is 0.343. The van der Waals surface area contributed by atoms with Crippen LogP contribution in [-0.2, 0) is 30.4 Å². The lowest BCUT2D eigenvalue weighted by Gasteiger charge is -2.19. The number of aromatic nitrogens is 2. The SMILES string of the molecule is CC(C)(C)OC(=O)NCCc1ccc(OCCc2ccccn2)cc1.Cl.NCCc1ccc(OCCc2ccccn2)cc1. The molecule has 2 aromatic heterocycles. The number of nitrogens with two attached hydrogens (primary N) is 1. The summed E-state index contributed by atoms with van der Waals surface area (Å²) in [6.45, 7) is 8.00. The second kappa shape index (κ2) is 19.9. The summed E-state index contributed by atoms with van der Waals surface area (Å²) in [5.41, 5.74) is 9.48. The molecule has 0 atom stereocenters. The average molecular weight is 621 g/mol. The quantitative estimate of drug-likeness (QED) is 0.178. The van der Waals surface area contributed by atoms with E-state index in [1.165, 1.54) is 5.56 Å². The molecule has 0 fully saturated rings. The molecule has 9 heteroatoms. The first-order valence-corrected chi connectivity index (χ1v) is 14.7. The van der Waals surface area contributed by atoms with Crippen molar-refractivity contribution in [3.05, 3.63) is 120 Å². The maximum Gasteiger partial charge on any atom is 0.407 e. The van der Waals surface area contributed by atoms with Gasteiger partial charge in [0.1, 0.15) is 17.1 Å². The van der Waals surface area contributed by atoms with Crippen molar-refractivity contribution in [2.24, 2.45) is 5.73 Å². The lowest BCUT2D eigenvalue weighted by Crippen LogP contribution is -2.33. The molecule has 0 saturated carbocycles. The van der Waals surface area contributed by atoms with Crippen LogP contribution in [0, 0.1) is 0 Å². The van der Waals surface area contributed by atoms with Crippen LogP contribution in [0.25, 0.3) is 0 Å². The topological polar surface area (TPSA) is 109 Å². The molecule has 0 aliphatic carbocycles. The summed E-state index contributed by atoms with van der Waals surface area (Å²) in [5.74, 6) is 1.73. The molecule has 3 N–H and O–H groups in total. The number of hydrogen-bond acceptors (Lipinski definition) is 7. The van der Waals surface area contributed by atoms with E-state index in [1.54, 1.807) is 12.4 Å². The number of rotatable bonds is 13. The largest absolute Gasteiger partial charge is 0.493 e. The van der Waals surface area contributed by atoms with E-state index in [9.17, 15) is 4.79 Å². The van der Waals surface area contributed by atoms with Gasteiger partial charge in [0.15, 0.2) is 0 Å². The van der Waals surface area contributed by atoms with Gasteiger partial charge in [-0.3, -0.25) is 9.97 Å². The number of hydrogen-bond donors (Lipinski definition) is 2. The lowest BCUT2D eigenvalue weighted by atomic mass is 10.1. The van der Waals surface area contributed by atoms with E-state index in [0.29, 0.717) is 26.3 Å². The minimum absolute atomic E-state index is 0. The van der Waals surface area contributed by atoms with E-state index in [2.05, 4.69) is 27.4 Å². The normalized spacial score (nSPS) is 10.5. The number of nitrogens with zero attached hydrogens (tertiary/aromatic N) is 2. The minimum Gasteiger partial charge on any atom is -0.493 e.